The first-order chi connectivity index (χ1) is 42.1. The average molecular weight is 1270 g/mol. The Balaban J connectivity index is 2.37. The number of primary amides is 1. The summed E-state index contributed by atoms with van der Waals surface area (Å²) in [7, 11) is 0. The molecule has 2 saturated heterocycles. The van der Waals surface area contributed by atoms with Crippen LogP contribution < -0.4 is 82.3 Å². The SMILES string of the molecule is CC(C)C[C@H](NC(=O)[C@@H]1CCCN1C(=O)[C@H](CCCCN)NC(=O)[C@H](CCCNC(=N)N)NC(=O)[C@@H](N)C(C)C)C(=O)N[C@@H](CC(N)=O)C(=O)N[C@@H](CCCCN)C(=O)N[C@@H](CCC(=O)O)C(=O)NCC(=O)N[C@@H](CCCCN)C(=O)N1CCC[C@H]1C(=O)O. The predicted molar refractivity (Wildman–Crippen MR) is 324 cm³/mol. The van der Waals surface area contributed by atoms with E-state index in [0.717, 1.165) is 0 Å². The zero-order valence-electron chi connectivity index (χ0n) is 51.9. The molecule has 2 aliphatic rings. The third kappa shape index (κ3) is 28.1. The zero-order valence-corrected chi connectivity index (χ0v) is 51.9. The van der Waals surface area contributed by atoms with Crippen molar-refractivity contribution in [3.8, 4) is 0 Å². The number of carbonyl (C=O) groups excluding carboxylic acids is 11. The van der Waals surface area contributed by atoms with Crippen LogP contribution in [0.15, 0.2) is 0 Å². The summed E-state index contributed by atoms with van der Waals surface area (Å²) in [5, 5.41) is 49.7. The van der Waals surface area contributed by atoms with Crippen LogP contribution in [0.5, 0.6) is 0 Å². The Hall–Kier alpha value is -7.78. The molecule has 0 radical (unpaired) electrons. The Kier molecular flexibility index (Phi) is 35.4. The first-order valence-electron chi connectivity index (χ1n) is 30.7. The summed E-state index contributed by atoms with van der Waals surface area (Å²) in [5.41, 5.74) is 34.2. The van der Waals surface area contributed by atoms with E-state index in [4.69, 9.17) is 39.8 Å². The van der Waals surface area contributed by atoms with E-state index in [0.29, 0.717) is 44.9 Å². The molecule has 0 spiro atoms. The minimum atomic E-state index is -1.77. The highest BCUT2D eigenvalue weighted by Crippen LogP contribution is 2.23. The van der Waals surface area contributed by atoms with Gasteiger partial charge in [0.15, 0.2) is 5.96 Å². The van der Waals surface area contributed by atoms with E-state index in [1.807, 2.05) is 0 Å². The number of nitrogens with zero attached hydrogens (tertiary/aromatic N) is 2. The van der Waals surface area contributed by atoms with E-state index in [-0.39, 0.29) is 115 Å². The van der Waals surface area contributed by atoms with Crippen LogP contribution in [0, 0.1) is 17.2 Å². The number of aliphatic carboxylic acids is 2. The third-order valence-electron chi connectivity index (χ3n) is 15.1. The number of rotatable bonds is 43. The zero-order chi connectivity index (χ0) is 66.9. The fraction of sp³-hybridized carbons (Fsp3) is 0.750. The van der Waals surface area contributed by atoms with Gasteiger partial charge in [-0.3, -0.25) is 62.9 Å². The average Bonchev–Trinajstić information content (AvgIpc) is 4.17. The van der Waals surface area contributed by atoms with Crippen molar-refractivity contribution in [3.63, 3.8) is 0 Å². The highest BCUT2D eigenvalue weighted by atomic mass is 16.4. The molecule has 2 aliphatic heterocycles. The molecule has 2 heterocycles. The summed E-state index contributed by atoms with van der Waals surface area (Å²) >= 11 is 0. The Morgan fingerprint density at radius 3 is 1.44 bits per heavy atom. The second-order valence-corrected chi connectivity index (χ2v) is 23.3. The standard InChI is InChI=1S/C56H100N18O15/c1-31(2)28-38(72-51(84)40-18-12-26-73(40)54(87)37(16-7-10-24-59)70-48(81)34(17-11-25-64-56(62)63)69-52(85)45(61)32(3)4)49(82)71-39(29-42(60)75)50(83)67-33(14-5-8-22-57)47(80)68-35(20-21-44(77)78)46(79)65-30-43(76)66-36(15-6-9-23-58)53(86)74-27-13-19-41(74)55(88)89/h31-41,45H,5-30,57-59,61H2,1-4H3,(H2,60,75)(H,65,79)(H,66,76)(H,67,83)(H,68,80)(H,69,85)(H,70,81)(H,71,82)(H,72,84)(H,77,78)(H,88,89)(H4,62,63,64)/t33-,34-,35-,36-,37-,38-,39-,40-,41-,45-/m0/s1. The molecule has 0 aromatic heterocycles. The second kappa shape index (κ2) is 40.7. The smallest absolute Gasteiger partial charge is 0.326 e. The van der Waals surface area contributed by atoms with Gasteiger partial charge in [-0.1, -0.05) is 27.7 Å². The number of amides is 11. The molecule has 0 aromatic rings. The van der Waals surface area contributed by atoms with Crippen molar-refractivity contribution >= 4 is 82.9 Å². The lowest BCUT2D eigenvalue weighted by atomic mass is 10.0. The van der Waals surface area contributed by atoms with Crippen molar-refractivity contribution < 1.29 is 72.5 Å². The van der Waals surface area contributed by atoms with Crippen LogP contribution in [0.25, 0.3) is 0 Å². The lowest BCUT2D eigenvalue weighted by Crippen LogP contribution is -2.60. The summed E-state index contributed by atoms with van der Waals surface area (Å²) in [5.74, 6) is -12.8. The molecule has 504 valence electrons. The van der Waals surface area contributed by atoms with Gasteiger partial charge in [0.25, 0.3) is 0 Å². The highest BCUT2D eigenvalue weighted by Gasteiger charge is 2.42. The van der Waals surface area contributed by atoms with E-state index in [9.17, 15) is 72.5 Å². The Morgan fingerprint density at radius 2 is 0.955 bits per heavy atom. The minimum Gasteiger partial charge on any atom is -0.481 e. The molecule has 0 saturated carbocycles. The van der Waals surface area contributed by atoms with E-state index in [2.05, 4.69) is 47.9 Å². The molecule has 11 amide bonds. The Morgan fingerprint density at radius 1 is 0.517 bits per heavy atom. The molecule has 0 aliphatic carbocycles. The third-order valence-corrected chi connectivity index (χ3v) is 15.1. The fourth-order valence-electron chi connectivity index (χ4n) is 10.2. The summed E-state index contributed by atoms with van der Waals surface area (Å²) < 4.78 is 0. The van der Waals surface area contributed by atoms with E-state index in [1.54, 1.807) is 27.7 Å². The molecule has 33 nitrogen and oxygen atoms in total. The van der Waals surface area contributed by atoms with Gasteiger partial charge < -0.3 is 102 Å². The largest absolute Gasteiger partial charge is 0.481 e. The maximum Gasteiger partial charge on any atom is 0.326 e. The van der Waals surface area contributed by atoms with Crippen LogP contribution in [0.2, 0.25) is 0 Å². The van der Waals surface area contributed by atoms with Crippen LogP contribution >= 0.6 is 0 Å². The number of carboxylic acids is 2. The lowest BCUT2D eigenvalue weighted by Gasteiger charge is -2.31. The maximum absolute atomic E-state index is 14.5. The number of nitrogens with two attached hydrogens (primary N) is 6. The molecular formula is C56H100N18O15. The Labute approximate surface area is 519 Å². The first kappa shape index (κ1) is 77.3. The van der Waals surface area contributed by atoms with Crippen molar-refractivity contribution in [3.05, 3.63) is 0 Å². The number of hydrogen-bond acceptors (Lipinski definition) is 18. The number of carbonyl (C=O) groups is 13. The fourth-order valence-corrected chi connectivity index (χ4v) is 10.2. The van der Waals surface area contributed by atoms with Crippen LogP contribution in [-0.2, 0) is 62.3 Å². The van der Waals surface area contributed by atoms with Crippen molar-refractivity contribution in [2.45, 2.75) is 210 Å². The molecule has 2 fully saturated rings. The monoisotopic (exact) mass is 1260 g/mol. The van der Waals surface area contributed by atoms with Crippen LogP contribution in [0.4, 0.5) is 0 Å². The van der Waals surface area contributed by atoms with Crippen molar-refractivity contribution in [1.82, 2.24) is 57.7 Å². The van der Waals surface area contributed by atoms with Crippen LogP contribution in [0.1, 0.15) is 150 Å². The quantitative estimate of drug-likeness (QED) is 0.0154. The van der Waals surface area contributed by atoms with Gasteiger partial charge in [-0.05, 0) is 141 Å². The van der Waals surface area contributed by atoms with Gasteiger partial charge in [0.1, 0.15) is 54.4 Å². The number of carboxylic acid groups (broad SMARTS) is 2. The molecular weight excluding hydrogens is 1160 g/mol. The number of nitrogens with one attached hydrogen (secondary N) is 10. The summed E-state index contributed by atoms with van der Waals surface area (Å²) in [4.78, 5) is 178. The molecule has 24 N–H and O–H groups in total. The molecule has 89 heavy (non-hydrogen) atoms. The number of guanidine groups is 1. The van der Waals surface area contributed by atoms with Gasteiger partial charge in [0.05, 0.1) is 19.0 Å². The van der Waals surface area contributed by atoms with Gasteiger partial charge in [0.2, 0.25) is 65.0 Å². The van der Waals surface area contributed by atoms with Crippen molar-refractivity contribution in [2.75, 3.05) is 45.8 Å². The molecule has 2 rings (SSSR count). The van der Waals surface area contributed by atoms with Crippen molar-refractivity contribution in [2.24, 2.45) is 46.2 Å². The van der Waals surface area contributed by atoms with Gasteiger partial charge in [-0.2, -0.15) is 0 Å². The first-order valence-corrected chi connectivity index (χ1v) is 30.7. The van der Waals surface area contributed by atoms with Crippen molar-refractivity contribution in [1.29, 1.82) is 5.41 Å². The number of likely N-dealkylation sites (tertiary alicyclic amines) is 2. The maximum atomic E-state index is 14.5. The van der Waals surface area contributed by atoms with Gasteiger partial charge in [-0.15, -0.1) is 0 Å². The van der Waals surface area contributed by atoms with E-state index < -0.39 is 163 Å². The number of hydrogen-bond donors (Lipinski definition) is 18. The molecule has 33 heteroatoms. The summed E-state index contributed by atoms with van der Waals surface area (Å²) in [6.07, 6.45) is 1.87. The van der Waals surface area contributed by atoms with Gasteiger partial charge in [-0.25, -0.2) is 4.79 Å². The topological polar surface area (TPSA) is 557 Å². The van der Waals surface area contributed by atoms with E-state index in [1.165, 1.54) is 9.80 Å². The van der Waals surface area contributed by atoms with Crippen LogP contribution in [-0.4, -0.2) is 209 Å². The predicted octanol–water partition coefficient (Wildman–Crippen LogP) is -5.02. The van der Waals surface area contributed by atoms with Gasteiger partial charge in [0, 0.05) is 26.1 Å². The van der Waals surface area contributed by atoms with E-state index >= 15 is 0 Å². The molecule has 0 aromatic carbocycles. The summed E-state index contributed by atoms with van der Waals surface area (Å²) in [6, 6.07) is -13.0. The lowest BCUT2D eigenvalue weighted by molar-refractivity contribution is -0.149. The normalized spacial score (nSPS) is 17.3. The molecule has 0 unspecified atom stereocenters. The number of unbranched alkanes of at least 4 members (excludes halogenated alkanes) is 3. The second-order valence-electron chi connectivity index (χ2n) is 23.3. The summed E-state index contributed by atoms with van der Waals surface area (Å²) in [6.45, 7) is 7.34. The highest BCUT2D eigenvalue weighted by molar-refractivity contribution is 6.00. The Bertz CT molecular complexity index is 2420. The molecule has 0 bridgehead atoms. The minimum absolute atomic E-state index is 0.0265. The van der Waals surface area contributed by atoms with Gasteiger partial charge >= 0.3 is 11.9 Å². The molecule has 10 atom stereocenters. The van der Waals surface area contributed by atoms with Crippen LogP contribution in [0.3, 0.4) is 0 Å².